The number of anilines is 1. The average Bonchev–Trinajstić information content (AvgIpc) is 2.47. The largest absolute Gasteiger partial charge is 0.755 e. The summed E-state index contributed by atoms with van der Waals surface area (Å²) in [6.45, 7) is -0.332. The van der Waals surface area contributed by atoms with Gasteiger partial charge in [0.05, 0.1) is 21.8 Å². The van der Waals surface area contributed by atoms with Crippen LogP contribution < -0.4 is 4.31 Å². The highest BCUT2D eigenvalue weighted by molar-refractivity contribution is 7.80. The molecule has 0 N–H and O–H groups in total. The van der Waals surface area contributed by atoms with Gasteiger partial charge in [0.1, 0.15) is 12.4 Å². The van der Waals surface area contributed by atoms with Crippen molar-refractivity contribution in [3.05, 3.63) is 52.3 Å². The van der Waals surface area contributed by atoms with Crippen LogP contribution in [-0.4, -0.2) is 15.3 Å². The fourth-order valence-corrected chi connectivity index (χ4v) is 2.70. The normalized spacial score (nSPS) is 11.8. The molecule has 8 heteroatoms. The molecule has 0 saturated heterocycles. The Balaban J connectivity index is 2.43. The minimum atomic E-state index is -2.60. The molecule has 0 aromatic heterocycles. The summed E-state index contributed by atoms with van der Waals surface area (Å²) in [7, 11) is 0. The minimum absolute atomic E-state index is 0.00144. The standard InChI is InChI=1S/C14H9Cl2FN2O2S/c15-12-4-1-9(7-14(12)17)11-3-2-10(8-13(11)16)19(6-5-18)22(20)21/h1-4,7-8H,6H2,(H,20,21)/p-1. The number of hydrogen-bond acceptors (Lipinski definition) is 3. The fourth-order valence-electron chi connectivity index (χ4n) is 1.85. The van der Waals surface area contributed by atoms with Crippen LogP contribution in [0.25, 0.3) is 11.1 Å². The Bertz CT molecular complexity index is 780. The number of hydrogen-bond donors (Lipinski definition) is 0. The molecule has 0 aliphatic heterocycles. The Morgan fingerprint density at radius 1 is 1.23 bits per heavy atom. The Hall–Kier alpha value is -1.65. The van der Waals surface area contributed by atoms with Gasteiger partial charge in [0.2, 0.25) is 0 Å². The maximum Gasteiger partial charge on any atom is 0.142 e. The van der Waals surface area contributed by atoms with E-state index >= 15 is 0 Å². The van der Waals surface area contributed by atoms with Crippen LogP contribution in [0.5, 0.6) is 0 Å². The Kier molecular flexibility index (Phi) is 5.37. The zero-order valence-electron chi connectivity index (χ0n) is 10.9. The molecule has 0 fully saturated rings. The van der Waals surface area contributed by atoms with E-state index in [0.29, 0.717) is 11.1 Å². The number of nitriles is 1. The lowest BCUT2D eigenvalue weighted by molar-refractivity contribution is 0.534. The Morgan fingerprint density at radius 3 is 2.50 bits per heavy atom. The van der Waals surface area contributed by atoms with Crippen molar-refractivity contribution in [2.45, 2.75) is 0 Å². The highest BCUT2D eigenvalue weighted by atomic mass is 35.5. The molecule has 0 bridgehead atoms. The molecule has 0 aliphatic carbocycles. The van der Waals surface area contributed by atoms with E-state index in [0.717, 1.165) is 4.31 Å². The summed E-state index contributed by atoms with van der Waals surface area (Å²) in [6.07, 6.45) is 0. The van der Waals surface area contributed by atoms with Crippen LogP contribution in [0.4, 0.5) is 10.1 Å². The molecule has 2 aromatic carbocycles. The predicted octanol–water partition coefficient (Wildman–Crippen LogP) is 3.92. The second-order valence-corrected chi connectivity index (χ2v) is 5.89. The lowest BCUT2D eigenvalue weighted by atomic mass is 10.1. The third-order valence-electron chi connectivity index (χ3n) is 2.87. The lowest BCUT2D eigenvalue weighted by Gasteiger charge is -2.24. The molecule has 0 amide bonds. The van der Waals surface area contributed by atoms with Gasteiger partial charge in [-0.3, -0.25) is 8.51 Å². The van der Waals surface area contributed by atoms with E-state index in [9.17, 15) is 13.2 Å². The van der Waals surface area contributed by atoms with Crippen molar-refractivity contribution in [2.24, 2.45) is 0 Å². The Labute approximate surface area is 139 Å². The van der Waals surface area contributed by atoms with Crippen molar-refractivity contribution in [1.29, 1.82) is 5.26 Å². The maximum atomic E-state index is 13.5. The van der Waals surface area contributed by atoms with Crippen LogP contribution in [-0.2, 0) is 11.3 Å². The molecule has 0 heterocycles. The van der Waals surface area contributed by atoms with Gasteiger partial charge in [-0.15, -0.1) is 0 Å². The first-order chi connectivity index (χ1) is 10.4. The van der Waals surface area contributed by atoms with E-state index in [2.05, 4.69) is 0 Å². The van der Waals surface area contributed by atoms with E-state index in [-0.39, 0.29) is 22.3 Å². The van der Waals surface area contributed by atoms with E-state index in [1.165, 1.54) is 24.3 Å². The van der Waals surface area contributed by atoms with Gasteiger partial charge in [0, 0.05) is 16.8 Å². The first kappa shape index (κ1) is 16.7. The molecule has 0 radical (unpaired) electrons. The maximum absolute atomic E-state index is 13.5. The van der Waals surface area contributed by atoms with E-state index in [1.807, 2.05) is 0 Å². The first-order valence-corrected chi connectivity index (χ1v) is 7.71. The topological polar surface area (TPSA) is 67.2 Å². The van der Waals surface area contributed by atoms with Crippen LogP contribution in [0.3, 0.4) is 0 Å². The molecule has 0 saturated carbocycles. The summed E-state index contributed by atoms with van der Waals surface area (Å²) < 4.78 is 36.6. The van der Waals surface area contributed by atoms with Crippen molar-refractivity contribution >= 4 is 40.2 Å². The van der Waals surface area contributed by atoms with E-state index in [1.54, 1.807) is 18.2 Å². The molecule has 1 atom stereocenters. The van der Waals surface area contributed by atoms with Crippen LogP contribution in [0.1, 0.15) is 0 Å². The van der Waals surface area contributed by atoms with Crippen LogP contribution >= 0.6 is 23.2 Å². The summed E-state index contributed by atoms with van der Waals surface area (Å²) in [4.78, 5) is 0. The van der Waals surface area contributed by atoms with Crippen molar-refractivity contribution in [2.75, 3.05) is 10.8 Å². The number of nitrogens with zero attached hydrogens (tertiary/aromatic N) is 2. The van der Waals surface area contributed by atoms with Crippen LogP contribution in [0.2, 0.25) is 10.0 Å². The molecular formula is C14H8Cl2FN2O2S-. The van der Waals surface area contributed by atoms with Crippen molar-refractivity contribution in [3.63, 3.8) is 0 Å². The van der Waals surface area contributed by atoms with Gasteiger partial charge >= 0.3 is 0 Å². The molecule has 0 spiro atoms. The SMILES string of the molecule is N#CCN(c1ccc(-c2ccc(Cl)c(F)c2)c(Cl)c1)S(=O)[O-]. The number of halogens is 3. The van der Waals surface area contributed by atoms with Gasteiger partial charge in [-0.05, 0) is 29.8 Å². The van der Waals surface area contributed by atoms with Crippen molar-refractivity contribution < 1.29 is 13.2 Å². The summed E-state index contributed by atoms with van der Waals surface area (Å²) in [5, 5.41) is 8.88. The van der Waals surface area contributed by atoms with Crippen molar-refractivity contribution in [3.8, 4) is 17.2 Å². The highest BCUT2D eigenvalue weighted by Gasteiger charge is 2.12. The molecule has 0 aliphatic rings. The second kappa shape index (κ2) is 7.07. The molecule has 1 unspecified atom stereocenters. The van der Waals surface area contributed by atoms with Crippen molar-refractivity contribution in [1.82, 2.24) is 0 Å². The highest BCUT2D eigenvalue weighted by Crippen LogP contribution is 2.33. The quantitative estimate of drug-likeness (QED) is 0.615. The molecular weight excluding hydrogens is 350 g/mol. The molecule has 2 aromatic rings. The van der Waals surface area contributed by atoms with Crippen LogP contribution in [0, 0.1) is 17.1 Å². The monoisotopic (exact) mass is 357 g/mol. The smallest absolute Gasteiger partial charge is 0.142 e. The summed E-state index contributed by atoms with van der Waals surface area (Å²) in [6, 6.07) is 10.4. The number of rotatable bonds is 4. The van der Waals surface area contributed by atoms with Gasteiger partial charge in [-0.25, -0.2) is 4.39 Å². The Morgan fingerprint density at radius 2 is 1.95 bits per heavy atom. The van der Waals surface area contributed by atoms with Crippen LogP contribution in [0.15, 0.2) is 36.4 Å². The van der Waals surface area contributed by atoms with Gasteiger partial charge in [-0.2, -0.15) is 5.26 Å². The molecule has 2 rings (SSSR count). The van der Waals surface area contributed by atoms with Gasteiger partial charge in [0.25, 0.3) is 0 Å². The third-order valence-corrected chi connectivity index (χ3v) is 4.18. The number of benzene rings is 2. The molecule has 22 heavy (non-hydrogen) atoms. The second-order valence-electron chi connectivity index (χ2n) is 4.20. The van der Waals surface area contributed by atoms with Gasteiger partial charge in [0.15, 0.2) is 0 Å². The summed E-state index contributed by atoms with van der Waals surface area (Å²) >= 11 is 9.17. The summed E-state index contributed by atoms with van der Waals surface area (Å²) in [5.74, 6) is -0.578. The minimum Gasteiger partial charge on any atom is -0.755 e. The predicted molar refractivity (Wildman–Crippen MR) is 83.7 cm³/mol. The lowest BCUT2D eigenvalue weighted by Crippen LogP contribution is -2.25. The fraction of sp³-hybridized carbons (Fsp3) is 0.0714. The zero-order valence-corrected chi connectivity index (χ0v) is 13.3. The van der Waals surface area contributed by atoms with Gasteiger partial charge in [-0.1, -0.05) is 35.3 Å². The average molecular weight is 358 g/mol. The molecule has 114 valence electrons. The third kappa shape index (κ3) is 3.57. The van der Waals surface area contributed by atoms with E-state index in [4.69, 9.17) is 28.5 Å². The first-order valence-electron chi connectivity index (χ1n) is 5.93. The van der Waals surface area contributed by atoms with E-state index < -0.39 is 17.1 Å². The van der Waals surface area contributed by atoms with Gasteiger partial charge < -0.3 is 4.55 Å². The molecule has 4 nitrogen and oxygen atoms in total. The zero-order chi connectivity index (χ0) is 16.3. The summed E-state index contributed by atoms with van der Waals surface area (Å²) in [5.41, 5.74) is 1.28.